The number of guanidine groups is 1. The number of benzene rings is 1. The first-order valence-electron chi connectivity index (χ1n) is 9.40. The highest BCUT2D eigenvalue weighted by Gasteiger charge is 2.19. The lowest BCUT2D eigenvalue weighted by atomic mass is 10.1. The minimum atomic E-state index is -0.259. The number of nitrogens with one attached hydrogen (secondary N) is 2. The van der Waals surface area contributed by atoms with Gasteiger partial charge < -0.3 is 20.6 Å². The molecule has 2 heterocycles. The molecule has 0 atom stereocenters. The Labute approximate surface area is 187 Å². The summed E-state index contributed by atoms with van der Waals surface area (Å²) in [5.74, 6) is 0.504. The molecule has 1 fully saturated rings. The van der Waals surface area contributed by atoms with Gasteiger partial charge in [-0.2, -0.15) is 11.3 Å². The molecule has 1 aromatic heterocycles. The lowest BCUT2D eigenvalue weighted by Crippen LogP contribution is -2.37. The molecule has 3 N–H and O–H groups in total. The fraction of sp³-hybridized carbons (Fsp3) is 0.450. The summed E-state index contributed by atoms with van der Waals surface area (Å²) in [4.78, 5) is 6.57. The van der Waals surface area contributed by atoms with Crippen LogP contribution in [-0.2, 0) is 13.1 Å². The molecule has 5 nitrogen and oxygen atoms in total. The van der Waals surface area contributed by atoms with Crippen LogP contribution in [0.4, 0.5) is 10.1 Å². The van der Waals surface area contributed by atoms with Crippen molar-refractivity contribution in [1.82, 2.24) is 10.6 Å². The van der Waals surface area contributed by atoms with Crippen molar-refractivity contribution in [3.8, 4) is 0 Å². The lowest BCUT2D eigenvalue weighted by molar-refractivity contribution is 0.145. The zero-order valence-corrected chi connectivity index (χ0v) is 19.2. The molecule has 1 aliphatic heterocycles. The molecule has 0 bridgehead atoms. The van der Waals surface area contributed by atoms with Crippen LogP contribution in [0.25, 0.3) is 0 Å². The minimum Gasteiger partial charge on any atom is -0.393 e. The summed E-state index contributed by atoms with van der Waals surface area (Å²) in [5.41, 5.74) is 2.66. The van der Waals surface area contributed by atoms with Crippen molar-refractivity contribution >= 4 is 47.0 Å². The molecule has 8 heteroatoms. The molecule has 0 spiro atoms. The first kappa shape index (κ1) is 22.9. The first-order valence-corrected chi connectivity index (χ1v) is 10.3. The van der Waals surface area contributed by atoms with Crippen molar-refractivity contribution in [2.24, 2.45) is 4.99 Å². The normalized spacial score (nSPS) is 15.2. The van der Waals surface area contributed by atoms with E-state index in [1.807, 2.05) is 29.3 Å². The van der Waals surface area contributed by atoms with Crippen LogP contribution >= 0.6 is 35.3 Å². The standard InChI is InChI=1S/C20H27FN4OS.HI/c1-2-22-20(24-13-16-7-10-27-14-16)23-12-15-3-4-19(18(21)11-15)25-8-5-17(26)6-9-25;/h3-4,7,10-11,14,17,26H,2,5-6,8-9,12-13H2,1H3,(H2,22,23,24);1H. The van der Waals surface area contributed by atoms with Gasteiger partial charge in [-0.05, 0) is 59.9 Å². The molecule has 1 saturated heterocycles. The van der Waals surface area contributed by atoms with Gasteiger partial charge in [-0.15, -0.1) is 24.0 Å². The molecule has 0 saturated carbocycles. The summed E-state index contributed by atoms with van der Waals surface area (Å²) in [5, 5.41) is 20.2. The smallest absolute Gasteiger partial charge is 0.191 e. The number of hydrogen-bond acceptors (Lipinski definition) is 4. The number of thiophene rings is 1. The Balaban J connectivity index is 0.00000280. The number of rotatable bonds is 6. The Morgan fingerprint density at radius 1 is 1.25 bits per heavy atom. The molecule has 0 amide bonds. The van der Waals surface area contributed by atoms with Crippen LogP contribution in [0.2, 0.25) is 0 Å². The number of aliphatic hydroxyl groups is 1. The molecule has 1 aromatic carbocycles. The maximum atomic E-state index is 14.6. The molecule has 154 valence electrons. The van der Waals surface area contributed by atoms with E-state index in [2.05, 4.69) is 27.1 Å². The average Bonchev–Trinajstić information content (AvgIpc) is 3.19. The van der Waals surface area contributed by atoms with Gasteiger partial charge in [0.2, 0.25) is 0 Å². The quantitative estimate of drug-likeness (QED) is 0.310. The van der Waals surface area contributed by atoms with Crippen molar-refractivity contribution in [2.45, 2.75) is 39.0 Å². The van der Waals surface area contributed by atoms with Crippen LogP contribution < -0.4 is 15.5 Å². The van der Waals surface area contributed by atoms with Gasteiger partial charge in [0.1, 0.15) is 5.82 Å². The first-order chi connectivity index (χ1) is 13.2. The summed E-state index contributed by atoms with van der Waals surface area (Å²) < 4.78 is 14.6. The summed E-state index contributed by atoms with van der Waals surface area (Å²) in [6, 6.07) is 7.42. The van der Waals surface area contributed by atoms with E-state index in [-0.39, 0.29) is 35.9 Å². The predicted molar refractivity (Wildman–Crippen MR) is 125 cm³/mol. The minimum absolute atomic E-state index is 0. The largest absolute Gasteiger partial charge is 0.393 e. The second-order valence-electron chi connectivity index (χ2n) is 6.68. The zero-order valence-electron chi connectivity index (χ0n) is 16.0. The van der Waals surface area contributed by atoms with Gasteiger partial charge in [-0.25, -0.2) is 9.38 Å². The molecule has 0 unspecified atom stereocenters. The lowest BCUT2D eigenvalue weighted by Gasteiger charge is -2.31. The highest BCUT2D eigenvalue weighted by molar-refractivity contribution is 14.0. The van der Waals surface area contributed by atoms with Crippen molar-refractivity contribution in [3.05, 3.63) is 52.0 Å². The Hall–Kier alpha value is -1.39. The molecular formula is C20H28FIN4OS. The van der Waals surface area contributed by atoms with Gasteiger partial charge in [0.05, 0.1) is 18.3 Å². The summed E-state index contributed by atoms with van der Waals surface area (Å²) in [7, 11) is 0. The van der Waals surface area contributed by atoms with Crippen molar-refractivity contribution in [3.63, 3.8) is 0 Å². The van der Waals surface area contributed by atoms with Crippen molar-refractivity contribution in [2.75, 3.05) is 24.5 Å². The van der Waals surface area contributed by atoms with E-state index in [1.54, 1.807) is 17.4 Å². The number of piperidine rings is 1. The zero-order chi connectivity index (χ0) is 19.1. The Bertz CT molecular complexity index is 749. The van der Waals surface area contributed by atoms with Crippen LogP contribution in [0.15, 0.2) is 40.0 Å². The summed E-state index contributed by atoms with van der Waals surface area (Å²) in [6.45, 7) is 5.29. The fourth-order valence-corrected chi connectivity index (χ4v) is 3.76. The van der Waals surface area contributed by atoms with Gasteiger partial charge in [-0.3, -0.25) is 0 Å². The maximum absolute atomic E-state index is 14.6. The Morgan fingerprint density at radius 2 is 2.04 bits per heavy atom. The average molecular weight is 518 g/mol. The molecule has 3 rings (SSSR count). The maximum Gasteiger partial charge on any atom is 0.191 e. The van der Waals surface area contributed by atoms with E-state index in [0.717, 1.165) is 18.1 Å². The number of anilines is 1. The van der Waals surface area contributed by atoms with E-state index < -0.39 is 0 Å². The highest BCUT2D eigenvalue weighted by Crippen LogP contribution is 2.24. The number of aliphatic imine (C=N–C) groups is 1. The molecule has 0 aliphatic carbocycles. The van der Waals surface area contributed by atoms with Crippen LogP contribution in [0.5, 0.6) is 0 Å². The van der Waals surface area contributed by atoms with E-state index >= 15 is 0 Å². The van der Waals surface area contributed by atoms with Gasteiger partial charge in [0.25, 0.3) is 0 Å². The van der Waals surface area contributed by atoms with Crippen molar-refractivity contribution < 1.29 is 9.50 Å². The monoisotopic (exact) mass is 518 g/mol. The number of hydrogen-bond donors (Lipinski definition) is 3. The SMILES string of the molecule is CCNC(=NCc1ccsc1)NCc1ccc(N2CCC(O)CC2)c(F)c1.I. The van der Waals surface area contributed by atoms with Crippen molar-refractivity contribution in [1.29, 1.82) is 0 Å². The number of halogens is 2. The summed E-state index contributed by atoms with van der Waals surface area (Å²) >= 11 is 1.66. The second kappa shape index (κ2) is 11.6. The van der Waals surface area contributed by atoms with Crippen LogP contribution in [0.3, 0.4) is 0 Å². The van der Waals surface area contributed by atoms with E-state index in [9.17, 15) is 9.50 Å². The third-order valence-corrected chi connectivity index (χ3v) is 5.35. The Morgan fingerprint density at radius 3 is 2.68 bits per heavy atom. The predicted octanol–water partition coefficient (Wildman–Crippen LogP) is 3.72. The Kier molecular flexibility index (Phi) is 9.46. The van der Waals surface area contributed by atoms with Crippen LogP contribution in [0, 0.1) is 5.82 Å². The van der Waals surface area contributed by atoms with Gasteiger partial charge in [0.15, 0.2) is 5.96 Å². The number of nitrogens with zero attached hydrogens (tertiary/aromatic N) is 2. The third kappa shape index (κ3) is 6.59. The van der Waals surface area contributed by atoms with E-state index in [0.29, 0.717) is 44.7 Å². The van der Waals surface area contributed by atoms with Gasteiger partial charge in [0, 0.05) is 26.2 Å². The van der Waals surface area contributed by atoms with Crippen LogP contribution in [-0.4, -0.2) is 36.8 Å². The van der Waals surface area contributed by atoms with Gasteiger partial charge >= 0.3 is 0 Å². The highest BCUT2D eigenvalue weighted by atomic mass is 127. The molecular weight excluding hydrogens is 490 g/mol. The summed E-state index contributed by atoms with van der Waals surface area (Å²) in [6.07, 6.45) is 1.12. The second-order valence-corrected chi connectivity index (χ2v) is 7.46. The van der Waals surface area contributed by atoms with Gasteiger partial charge in [-0.1, -0.05) is 6.07 Å². The fourth-order valence-electron chi connectivity index (χ4n) is 3.10. The van der Waals surface area contributed by atoms with Crippen LogP contribution in [0.1, 0.15) is 30.9 Å². The molecule has 0 radical (unpaired) electrons. The topological polar surface area (TPSA) is 59.9 Å². The number of aliphatic hydroxyl groups excluding tert-OH is 1. The molecule has 28 heavy (non-hydrogen) atoms. The third-order valence-electron chi connectivity index (χ3n) is 4.62. The van der Waals surface area contributed by atoms with E-state index in [4.69, 9.17) is 0 Å². The molecule has 2 aromatic rings. The molecule has 1 aliphatic rings. The van der Waals surface area contributed by atoms with E-state index in [1.165, 1.54) is 5.56 Å².